The maximum Gasteiger partial charge on any atom is 0.162 e. The molecule has 0 radical (unpaired) electrons. The zero-order valence-electron chi connectivity index (χ0n) is 13.2. The molecule has 4 nitrogen and oxygen atoms in total. The molecule has 0 spiro atoms. The standard InChI is InChI=1S/C16H26N2O2/c1-6-16(3)11-18(12(2)10-17-16)13-7-8-14(19-4)15(9-13)20-5/h7-9,12,17H,6,10-11H2,1-5H3. The van der Waals surface area contributed by atoms with Crippen molar-refractivity contribution in [3.63, 3.8) is 0 Å². The van der Waals surface area contributed by atoms with Crippen LogP contribution in [0.2, 0.25) is 0 Å². The van der Waals surface area contributed by atoms with Gasteiger partial charge in [0.2, 0.25) is 0 Å². The molecule has 0 saturated carbocycles. The van der Waals surface area contributed by atoms with Crippen LogP contribution in [0.5, 0.6) is 11.5 Å². The van der Waals surface area contributed by atoms with Gasteiger partial charge in [-0.05, 0) is 32.4 Å². The lowest BCUT2D eigenvalue weighted by Gasteiger charge is -2.46. The Bertz CT molecular complexity index is 464. The predicted molar refractivity (Wildman–Crippen MR) is 83.1 cm³/mol. The summed E-state index contributed by atoms with van der Waals surface area (Å²) in [6.07, 6.45) is 1.11. The summed E-state index contributed by atoms with van der Waals surface area (Å²) in [4.78, 5) is 2.45. The summed E-state index contributed by atoms with van der Waals surface area (Å²) in [5, 5.41) is 3.65. The highest BCUT2D eigenvalue weighted by atomic mass is 16.5. The lowest BCUT2D eigenvalue weighted by atomic mass is 9.93. The van der Waals surface area contributed by atoms with Gasteiger partial charge < -0.3 is 19.7 Å². The highest BCUT2D eigenvalue weighted by Crippen LogP contribution is 2.33. The molecule has 0 amide bonds. The van der Waals surface area contributed by atoms with Crippen LogP contribution in [0.1, 0.15) is 27.2 Å². The minimum Gasteiger partial charge on any atom is -0.493 e. The Kier molecular flexibility index (Phi) is 4.43. The highest BCUT2D eigenvalue weighted by Gasteiger charge is 2.32. The molecule has 20 heavy (non-hydrogen) atoms. The van der Waals surface area contributed by atoms with E-state index in [-0.39, 0.29) is 5.54 Å². The molecule has 2 unspecified atom stereocenters. The second-order valence-corrected chi connectivity index (χ2v) is 5.81. The van der Waals surface area contributed by atoms with Crippen LogP contribution in [0.15, 0.2) is 18.2 Å². The van der Waals surface area contributed by atoms with E-state index in [1.54, 1.807) is 14.2 Å². The van der Waals surface area contributed by atoms with Gasteiger partial charge in [-0.3, -0.25) is 0 Å². The van der Waals surface area contributed by atoms with Crippen molar-refractivity contribution in [2.45, 2.75) is 38.8 Å². The van der Waals surface area contributed by atoms with Gasteiger partial charge in [-0.15, -0.1) is 0 Å². The summed E-state index contributed by atoms with van der Waals surface area (Å²) in [6.45, 7) is 8.76. The fourth-order valence-corrected chi connectivity index (χ4v) is 2.68. The molecular formula is C16H26N2O2. The van der Waals surface area contributed by atoms with Gasteiger partial charge in [0.05, 0.1) is 14.2 Å². The molecule has 1 aliphatic heterocycles. The molecule has 1 aromatic rings. The van der Waals surface area contributed by atoms with E-state index in [9.17, 15) is 0 Å². The number of methoxy groups -OCH3 is 2. The number of rotatable bonds is 4. The second-order valence-electron chi connectivity index (χ2n) is 5.81. The number of ether oxygens (including phenoxy) is 2. The van der Waals surface area contributed by atoms with Crippen LogP contribution in [-0.2, 0) is 0 Å². The number of hydrogen-bond donors (Lipinski definition) is 1. The normalized spacial score (nSPS) is 26.4. The van der Waals surface area contributed by atoms with E-state index >= 15 is 0 Å². The van der Waals surface area contributed by atoms with Gasteiger partial charge in [-0.25, -0.2) is 0 Å². The molecular weight excluding hydrogens is 252 g/mol. The van der Waals surface area contributed by atoms with Crippen LogP contribution in [0.25, 0.3) is 0 Å². The van der Waals surface area contributed by atoms with E-state index in [2.05, 4.69) is 43.1 Å². The first-order chi connectivity index (χ1) is 9.53. The Morgan fingerprint density at radius 3 is 2.60 bits per heavy atom. The van der Waals surface area contributed by atoms with Crippen molar-refractivity contribution in [1.82, 2.24) is 5.32 Å². The molecule has 2 atom stereocenters. The first kappa shape index (κ1) is 15.0. The zero-order valence-corrected chi connectivity index (χ0v) is 13.2. The smallest absolute Gasteiger partial charge is 0.162 e. The monoisotopic (exact) mass is 278 g/mol. The topological polar surface area (TPSA) is 33.7 Å². The molecule has 0 aliphatic carbocycles. The van der Waals surface area contributed by atoms with E-state index < -0.39 is 0 Å². The molecule has 1 fully saturated rings. The summed E-state index contributed by atoms with van der Waals surface area (Å²) < 4.78 is 10.7. The van der Waals surface area contributed by atoms with Crippen molar-refractivity contribution in [1.29, 1.82) is 0 Å². The first-order valence-electron chi connectivity index (χ1n) is 7.26. The molecule has 0 bridgehead atoms. The number of hydrogen-bond acceptors (Lipinski definition) is 4. The van der Waals surface area contributed by atoms with Crippen LogP contribution >= 0.6 is 0 Å². The zero-order chi connectivity index (χ0) is 14.8. The van der Waals surface area contributed by atoms with E-state index in [4.69, 9.17) is 9.47 Å². The lowest BCUT2D eigenvalue weighted by Crippen LogP contribution is -2.62. The maximum atomic E-state index is 5.41. The largest absolute Gasteiger partial charge is 0.493 e. The van der Waals surface area contributed by atoms with Gasteiger partial charge in [-0.2, -0.15) is 0 Å². The number of anilines is 1. The third kappa shape index (κ3) is 2.85. The molecule has 112 valence electrons. The van der Waals surface area contributed by atoms with Gasteiger partial charge in [0, 0.05) is 36.4 Å². The number of piperazine rings is 1. The maximum absolute atomic E-state index is 5.41. The third-order valence-corrected chi connectivity index (χ3v) is 4.35. The number of nitrogens with zero attached hydrogens (tertiary/aromatic N) is 1. The Morgan fingerprint density at radius 1 is 1.30 bits per heavy atom. The quantitative estimate of drug-likeness (QED) is 0.918. The van der Waals surface area contributed by atoms with Crippen LogP contribution in [0, 0.1) is 0 Å². The van der Waals surface area contributed by atoms with Crippen molar-refractivity contribution in [2.24, 2.45) is 0 Å². The molecule has 1 heterocycles. The summed E-state index contributed by atoms with van der Waals surface area (Å²) in [6, 6.07) is 6.62. The molecule has 1 aromatic carbocycles. The average Bonchev–Trinajstić information content (AvgIpc) is 2.49. The summed E-state index contributed by atoms with van der Waals surface area (Å²) >= 11 is 0. The fourth-order valence-electron chi connectivity index (χ4n) is 2.68. The molecule has 1 N–H and O–H groups in total. The second kappa shape index (κ2) is 5.92. The molecule has 1 aliphatic rings. The number of benzene rings is 1. The lowest BCUT2D eigenvalue weighted by molar-refractivity contribution is 0.285. The molecule has 0 aromatic heterocycles. The Hall–Kier alpha value is -1.42. The Morgan fingerprint density at radius 2 is 2.00 bits per heavy atom. The van der Waals surface area contributed by atoms with Crippen molar-refractivity contribution in [3.8, 4) is 11.5 Å². The van der Waals surface area contributed by atoms with Crippen molar-refractivity contribution in [2.75, 3.05) is 32.2 Å². The predicted octanol–water partition coefficient (Wildman–Crippen LogP) is 2.67. The van der Waals surface area contributed by atoms with Crippen LogP contribution in [-0.4, -0.2) is 38.9 Å². The van der Waals surface area contributed by atoms with Gasteiger partial charge in [0.1, 0.15) is 0 Å². The van der Waals surface area contributed by atoms with E-state index in [1.807, 2.05) is 6.07 Å². The van der Waals surface area contributed by atoms with E-state index in [0.29, 0.717) is 6.04 Å². The van der Waals surface area contributed by atoms with Crippen molar-refractivity contribution >= 4 is 5.69 Å². The van der Waals surface area contributed by atoms with Crippen molar-refractivity contribution in [3.05, 3.63) is 18.2 Å². The molecule has 2 rings (SSSR count). The first-order valence-corrected chi connectivity index (χ1v) is 7.26. The third-order valence-electron chi connectivity index (χ3n) is 4.35. The average molecular weight is 278 g/mol. The van der Waals surface area contributed by atoms with Crippen LogP contribution in [0.4, 0.5) is 5.69 Å². The van der Waals surface area contributed by atoms with Gasteiger partial charge >= 0.3 is 0 Å². The van der Waals surface area contributed by atoms with Crippen LogP contribution < -0.4 is 19.7 Å². The van der Waals surface area contributed by atoms with Gasteiger partial charge in [-0.1, -0.05) is 6.92 Å². The summed E-state index contributed by atoms with van der Waals surface area (Å²) in [5.74, 6) is 1.56. The Labute approximate surface area is 122 Å². The van der Waals surface area contributed by atoms with Gasteiger partial charge in [0.15, 0.2) is 11.5 Å². The fraction of sp³-hybridized carbons (Fsp3) is 0.625. The van der Waals surface area contributed by atoms with Crippen LogP contribution in [0.3, 0.4) is 0 Å². The minimum absolute atomic E-state index is 0.166. The SMILES string of the molecule is CCC1(C)CN(c2ccc(OC)c(OC)c2)C(C)CN1. The van der Waals surface area contributed by atoms with E-state index in [0.717, 1.165) is 31.0 Å². The minimum atomic E-state index is 0.166. The molecule has 1 saturated heterocycles. The van der Waals surface area contributed by atoms with E-state index in [1.165, 1.54) is 5.69 Å². The highest BCUT2D eigenvalue weighted by molar-refractivity contribution is 5.57. The Balaban J connectivity index is 2.29. The summed E-state index contributed by atoms with van der Waals surface area (Å²) in [5.41, 5.74) is 1.36. The molecule has 4 heteroatoms. The summed E-state index contributed by atoms with van der Waals surface area (Å²) in [7, 11) is 3.35. The van der Waals surface area contributed by atoms with Crippen molar-refractivity contribution < 1.29 is 9.47 Å². The van der Waals surface area contributed by atoms with Gasteiger partial charge in [0.25, 0.3) is 0 Å². The number of nitrogens with one attached hydrogen (secondary N) is 1.